The Morgan fingerprint density at radius 1 is 0.944 bits per heavy atom. The molecular weight excluding hydrogens is 459 g/mol. The van der Waals surface area contributed by atoms with Gasteiger partial charge in [0.2, 0.25) is 5.91 Å². The second-order valence-corrected chi connectivity index (χ2v) is 8.13. The number of anilines is 1. The molecule has 0 aliphatic carbocycles. The van der Waals surface area contributed by atoms with Gasteiger partial charge in [-0.3, -0.25) is 4.79 Å². The van der Waals surface area contributed by atoms with Crippen molar-refractivity contribution in [2.75, 3.05) is 12.3 Å². The Labute approximate surface area is 206 Å². The number of hydrogen-bond donors (Lipinski definition) is 2. The first-order valence-electron chi connectivity index (χ1n) is 11.4. The lowest BCUT2D eigenvalue weighted by Crippen LogP contribution is -2.29. The zero-order chi connectivity index (χ0) is 24.9. The largest absolute Gasteiger partial charge is 0.457 e. The fourth-order valence-electron chi connectivity index (χ4n) is 3.84. The number of fused-ring (bicyclic) bond motifs is 1. The fourth-order valence-corrected chi connectivity index (χ4v) is 3.84. The number of nitrogens with two attached hydrogens (primary N) is 1. The first-order valence-corrected chi connectivity index (χ1v) is 11.4. The molecule has 3 aromatic carbocycles. The van der Waals surface area contributed by atoms with E-state index in [0.717, 1.165) is 16.9 Å². The molecule has 2 heterocycles. The molecule has 0 fully saturated rings. The lowest BCUT2D eigenvalue weighted by atomic mass is 10.1. The number of ether oxygens (including phenoxy) is 1. The molecule has 5 rings (SSSR count). The van der Waals surface area contributed by atoms with E-state index in [2.05, 4.69) is 20.4 Å². The molecule has 0 unspecified atom stereocenters. The van der Waals surface area contributed by atoms with E-state index in [0.29, 0.717) is 35.4 Å². The van der Waals surface area contributed by atoms with Crippen molar-refractivity contribution in [2.24, 2.45) is 0 Å². The molecule has 0 aliphatic heterocycles. The third kappa shape index (κ3) is 5.15. The van der Waals surface area contributed by atoms with Gasteiger partial charge in [-0.05, 0) is 60.5 Å². The van der Waals surface area contributed by atoms with E-state index < -0.39 is 0 Å². The Kier molecular flexibility index (Phi) is 6.53. The summed E-state index contributed by atoms with van der Waals surface area (Å²) in [4.78, 5) is 21.1. The van der Waals surface area contributed by atoms with Gasteiger partial charge in [0.1, 0.15) is 41.7 Å². The summed E-state index contributed by atoms with van der Waals surface area (Å²) in [6, 6.07) is 23.1. The van der Waals surface area contributed by atoms with E-state index >= 15 is 0 Å². The summed E-state index contributed by atoms with van der Waals surface area (Å²) in [5.41, 5.74) is 8.94. The molecule has 0 bridgehead atoms. The third-order valence-corrected chi connectivity index (χ3v) is 5.61. The van der Waals surface area contributed by atoms with Crippen LogP contribution in [0.5, 0.6) is 11.5 Å². The van der Waals surface area contributed by atoms with Crippen molar-refractivity contribution >= 4 is 22.8 Å². The molecule has 1 amide bonds. The van der Waals surface area contributed by atoms with Crippen molar-refractivity contribution in [1.29, 1.82) is 0 Å². The number of hydrogen-bond acceptors (Lipinski definition) is 6. The normalized spacial score (nSPS) is 10.9. The summed E-state index contributed by atoms with van der Waals surface area (Å²) in [6.07, 6.45) is 1.94. The van der Waals surface area contributed by atoms with E-state index in [4.69, 9.17) is 10.5 Å². The average molecular weight is 483 g/mol. The predicted octanol–water partition coefficient (Wildman–Crippen LogP) is 4.37. The minimum absolute atomic E-state index is 0.0361. The molecule has 0 aliphatic rings. The molecule has 36 heavy (non-hydrogen) atoms. The van der Waals surface area contributed by atoms with E-state index in [1.165, 1.54) is 23.1 Å². The monoisotopic (exact) mass is 482 g/mol. The van der Waals surface area contributed by atoms with Crippen molar-refractivity contribution in [1.82, 2.24) is 25.1 Å². The van der Waals surface area contributed by atoms with Gasteiger partial charge in [0, 0.05) is 12.1 Å². The Morgan fingerprint density at radius 3 is 2.42 bits per heavy atom. The Balaban J connectivity index is 1.32. The van der Waals surface area contributed by atoms with Crippen LogP contribution in [0.2, 0.25) is 0 Å². The van der Waals surface area contributed by atoms with Gasteiger partial charge in [0.15, 0.2) is 5.65 Å². The van der Waals surface area contributed by atoms with Gasteiger partial charge >= 0.3 is 0 Å². The summed E-state index contributed by atoms with van der Waals surface area (Å²) in [7, 11) is 0. The summed E-state index contributed by atoms with van der Waals surface area (Å²) >= 11 is 0. The van der Waals surface area contributed by atoms with Crippen LogP contribution in [0.25, 0.3) is 22.3 Å². The Bertz CT molecular complexity index is 1490. The number of carbonyl (C=O) groups is 1. The van der Waals surface area contributed by atoms with Gasteiger partial charge in [0.25, 0.3) is 0 Å². The topological polar surface area (TPSA) is 108 Å². The standard InChI is InChI=1S/C27H23FN6O2/c28-20-10-6-18(7-11-20)14-15-30-23(35)16-34-27-24(26(29)31-17-32-27)25(33-34)19-8-12-22(13-9-19)36-21-4-2-1-3-5-21/h1-13,17H,14-16H2,(H,30,35)(H2,29,31,32). The molecule has 0 spiro atoms. The lowest BCUT2D eigenvalue weighted by molar-refractivity contribution is -0.121. The van der Waals surface area contributed by atoms with Gasteiger partial charge in [0.05, 0.1) is 5.39 Å². The summed E-state index contributed by atoms with van der Waals surface area (Å²) in [5.74, 6) is 1.18. The number of carbonyl (C=O) groups excluding carboxylic acids is 1. The molecule has 0 radical (unpaired) electrons. The number of nitrogen functional groups attached to an aromatic ring is 1. The highest BCUT2D eigenvalue weighted by Gasteiger charge is 2.18. The first kappa shape index (κ1) is 23.0. The first-order chi connectivity index (χ1) is 17.6. The lowest BCUT2D eigenvalue weighted by Gasteiger charge is -2.06. The predicted molar refractivity (Wildman–Crippen MR) is 135 cm³/mol. The third-order valence-electron chi connectivity index (χ3n) is 5.61. The van der Waals surface area contributed by atoms with Crippen molar-refractivity contribution in [3.8, 4) is 22.8 Å². The zero-order valence-corrected chi connectivity index (χ0v) is 19.3. The summed E-state index contributed by atoms with van der Waals surface area (Å²) in [6.45, 7) is 0.377. The minimum atomic E-state index is -0.288. The van der Waals surface area contributed by atoms with Gasteiger partial charge in [-0.2, -0.15) is 5.10 Å². The second-order valence-electron chi connectivity index (χ2n) is 8.13. The maximum absolute atomic E-state index is 13.1. The maximum Gasteiger partial charge on any atom is 0.241 e. The number of rotatable bonds is 8. The van der Waals surface area contributed by atoms with Crippen LogP contribution >= 0.6 is 0 Å². The van der Waals surface area contributed by atoms with Gasteiger partial charge in [-0.25, -0.2) is 19.0 Å². The van der Waals surface area contributed by atoms with Crippen LogP contribution in [0.1, 0.15) is 5.56 Å². The van der Waals surface area contributed by atoms with Crippen LogP contribution in [0.3, 0.4) is 0 Å². The SMILES string of the molecule is Nc1ncnc2c1c(-c1ccc(Oc3ccccc3)cc1)nn2CC(=O)NCCc1ccc(F)cc1. The van der Waals surface area contributed by atoms with Gasteiger partial charge in [-0.15, -0.1) is 0 Å². The number of nitrogens with zero attached hydrogens (tertiary/aromatic N) is 4. The molecule has 8 nitrogen and oxygen atoms in total. The number of para-hydroxylation sites is 1. The van der Waals surface area contributed by atoms with E-state index in [1.54, 1.807) is 12.1 Å². The smallest absolute Gasteiger partial charge is 0.241 e. The molecule has 5 aromatic rings. The van der Waals surface area contributed by atoms with Crippen LogP contribution < -0.4 is 15.8 Å². The number of benzene rings is 3. The molecule has 2 aromatic heterocycles. The highest BCUT2D eigenvalue weighted by Crippen LogP contribution is 2.31. The van der Waals surface area contributed by atoms with Crippen LogP contribution in [-0.2, 0) is 17.8 Å². The van der Waals surface area contributed by atoms with Crippen molar-refractivity contribution in [2.45, 2.75) is 13.0 Å². The van der Waals surface area contributed by atoms with Crippen LogP contribution in [-0.4, -0.2) is 32.2 Å². The maximum atomic E-state index is 13.1. The highest BCUT2D eigenvalue weighted by atomic mass is 19.1. The van der Waals surface area contributed by atoms with Crippen LogP contribution in [0.4, 0.5) is 10.2 Å². The zero-order valence-electron chi connectivity index (χ0n) is 19.3. The van der Waals surface area contributed by atoms with Crippen molar-refractivity contribution < 1.29 is 13.9 Å². The number of halogens is 1. The summed E-state index contributed by atoms with van der Waals surface area (Å²) < 4.78 is 20.4. The Hall–Kier alpha value is -4.79. The van der Waals surface area contributed by atoms with E-state index in [-0.39, 0.29) is 24.1 Å². The Morgan fingerprint density at radius 2 is 1.67 bits per heavy atom. The average Bonchev–Trinajstić information content (AvgIpc) is 3.26. The molecule has 0 atom stereocenters. The van der Waals surface area contributed by atoms with Gasteiger partial charge < -0.3 is 15.8 Å². The number of nitrogens with one attached hydrogen (secondary N) is 1. The number of amides is 1. The van der Waals surface area contributed by atoms with Crippen LogP contribution in [0, 0.1) is 5.82 Å². The molecular formula is C27H23FN6O2. The molecule has 0 saturated heterocycles. The fraction of sp³-hybridized carbons (Fsp3) is 0.111. The van der Waals surface area contributed by atoms with E-state index in [9.17, 15) is 9.18 Å². The van der Waals surface area contributed by atoms with E-state index in [1.807, 2.05) is 54.6 Å². The van der Waals surface area contributed by atoms with Gasteiger partial charge in [-0.1, -0.05) is 30.3 Å². The quantitative estimate of drug-likeness (QED) is 0.340. The molecule has 9 heteroatoms. The second kappa shape index (κ2) is 10.2. The molecule has 3 N–H and O–H groups in total. The highest BCUT2D eigenvalue weighted by molar-refractivity contribution is 5.98. The number of aromatic nitrogens is 4. The molecule has 180 valence electrons. The molecule has 0 saturated carbocycles. The summed E-state index contributed by atoms with van der Waals surface area (Å²) in [5, 5.41) is 8.09. The van der Waals surface area contributed by atoms with Crippen molar-refractivity contribution in [3.05, 3.63) is 96.6 Å². The minimum Gasteiger partial charge on any atom is -0.457 e. The van der Waals surface area contributed by atoms with Crippen LogP contribution in [0.15, 0.2) is 85.2 Å². The van der Waals surface area contributed by atoms with Crippen molar-refractivity contribution in [3.63, 3.8) is 0 Å².